The van der Waals surface area contributed by atoms with Crippen LogP contribution in [0.1, 0.15) is 45.4 Å². The molecule has 1 aliphatic heterocycles. The molecule has 88 valence electrons. The molecule has 0 aromatic heterocycles. The molecule has 16 heavy (non-hydrogen) atoms. The molecular weight excluding hydrogens is 194 g/mol. The highest BCUT2D eigenvalue weighted by molar-refractivity contribution is 5.47. The molecule has 1 fully saturated rings. The van der Waals surface area contributed by atoms with Crippen LogP contribution in [-0.2, 0) is 0 Å². The Labute approximate surface area is 99.5 Å². The second kappa shape index (κ2) is 5.93. The van der Waals surface area contributed by atoms with Crippen molar-refractivity contribution in [1.29, 1.82) is 0 Å². The van der Waals surface area contributed by atoms with Crippen molar-refractivity contribution in [3.63, 3.8) is 0 Å². The van der Waals surface area contributed by atoms with Gasteiger partial charge in [-0.25, -0.2) is 0 Å². The third-order valence-electron chi connectivity index (χ3n) is 3.61. The van der Waals surface area contributed by atoms with E-state index in [4.69, 9.17) is 0 Å². The van der Waals surface area contributed by atoms with Crippen molar-refractivity contribution in [2.45, 2.75) is 51.5 Å². The van der Waals surface area contributed by atoms with Crippen molar-refractivity contribution in [3.8, 4) is 0 Å². The molecule has 1 unspecified atom stereocenters. The highest BCUT2D eigenvalue weighted by Gasteiger charge is 2.23. The smallest absolute Gasteiger partial charge is 0.0368 e. The van der Waals surface area contributed by atoms with E-state index >= 15 is 0 Å². The van der Waals surface area contributed by atoms with Gasteiger partial charge in [0.05, 0.1) is 0 Å². The predicted octanol–water partition coefficient (Wildman–Crippen LogP) is 4.24. The molecule has 1 heterocycles. The lowest BCUT2D eigenvalue weighted by molar-refractivity contribution is 0.558. The van der Waals surface area contributed by atoms with Crippen molar-refractivity contribution in [1.82, 2.24) is 0 Å². The maximum Gasteiger partial charge on any atom is 0.0368 e. The fourth-order valence-electron chi connectivity index (χ4n) is 2.73. The first-order valence-corrected chi connectivity index (χ1v) is 6.73. The number of unbranched alkanes of at least 4 members (excludes halogenated alkanes) is 2. The SMILES string of the molecule is CCCCCC1CCCN1c1ccccc1. The zero-order chi connectivity index (χ0) is 11.2. The lowest BCUT2D eigenvalue weighted by Gasteiger charge is -2.26. The second-order valence-electron chi connectivity index (χ2n) is 4.82. The van der Waals surface area contributed by atoms with Gasteiger partial charge >= 0.3 is 0 Å². The Morgan fingerprint density at radius 3 is 2.75 bits per heavy atom. The van der Waals surface area contributed by atoms with Crippen LogP contribution in [-0.4, -0.2) is 12.6 Å². The summed E-state index contributed by atoms with van der Waals surface area (Å²) in [5.74, 6) is 0. The van der Waals surface area contributed by atoms with E-state index in [-0.39, 0.29) is 0 Å². The number of nitrogens with zero attached hydrogens (tertiary/aromatic N) is 1. The third kappa shape index (κ3) is 2.78. The number of anilines is 1. The minimum absolute atomic E-state index is 0.800. The molecule has 2 rings (SSSR count). The number of hydrogen-bond acceptors (Lipinski definition) is 1. The van der Waals surface area contributed by atoms with Gasteiger partial charge in [-0.05, 0) is 31.4 Å². The molecule has 0 saturated carbocycles. The van der Waals surface area contributed by atoms with Crippen LogP contribution in [0.25, 0.3) is 0 Å². The Morgan fingerprint density at radius 1 is 1.19 bits per heavy atom. The summed E-state index contributed by atoms with van der Waals surface area (Å²) >= 11 is 0. The van der Waals surface area contributed by atoms with Crippen LogP contribution in [0.15, 0.2) is 30.3 Å². The fraction of sp³-hybridized carbons (Fsp3) is 0.600. The van der Waals surface area contributed by atoms with Crippen LogP contribution in [0.2, 0.25) is 0 Å². The molecule has 1 nitrogen and oxygen atoms in total. The van der Waals surface area contributed by atoms with Gasteiger partial charge in [-0.1, -0.05) is 44.4 Å². The van der Waals surface area contributed by atoms with Crippen molar-refractivity contribution in [2.24, 2.45) is 0 Å². The number of benzene rings is 1. The van der Waals surface area contributed by atoms with Gasteiger partial charge in [-0.3, -0.25) is 0 Å². The van der Waals surface area contributed by atoms with Gasteiger partial charge in [0.25, 0.3) is 0 Å². The van der Waals surface area contributed by atoms with E-state index in [1.807, 2.05) is 0 Å². The van der Waals surface area contributed by atoms with Crippen LogP contribution in [0.5, 0.6) is 0 Å². The largest absolute Gasteiger partial charge is 0.369 e. The molecule has 0 aliphatic carbocycles. The number of rotatable bonds is 5. The Hall–Kier alpha value is -0.980. The molecule has 1 aliphatic rings. The lowest BCUT2D eigenvalue weighted by atomic mass is 10.1. The standard InChI is InChI=1S/C15H23N/c1-2-3-5-9-15-12-8-13-16(15)14-10-6-4-7-11-14/h4,6-7,10-11,15H,2-3,5,8-9,12-13H2,1H3. The summed E-state index contributed by atoms with van der Waals surface area (Å²) in [6.07, 6.45) is 8.24. The average molecular weight is 217 g/mol. The first-order chi connectivity index (χ1) is 7.92. The van der Waals surface area contributed by atoms with Crippen LogP contribution in [0.4, 0.5) is 5.69 Å². The zero-order valence-electron chi connectivity index (χ0n) is 10.4. The summed E-state index contributed by atoms with van der Waals surface area (Å²) in [6.45, 7) is 3.53. The maximum absolute atomic E-state index is 2.61. The molecule has 1 saturated heterocycles. The monoisotopic (exact) mass is 217 g/mol. The summed E-state index contributed by atoms with van der Waals surface area (Å²) in [5.41, 5.74) is 1.42. The quantitative estimate of drug-likeness (QED) is 0.667. The summed E-state index contributed by atoms with van der Waals surface area (Å²) in [6, 6.07) is 11.7. The number of hydrogen-bond donors (Lipinski definition) is 0. The lowest BCUT2D eigenvalue weighted by Crippen LogP contribution is -2.28. The van der Waals surface area contributed by atoms with Crippen molar-refractivity contribution in [2.75, 3.05) is 11.4 Å². The van der Waals surface area contributed by atoms with Gasteiger partial charge in [0.1, 0.15) is 0 Å². The summed E-state index contributed by atoms with van der Waals surface area (Å²) in [7, 11) is 0. The summed E-state index contributed by atoms with van der Waals surface area (Å²) < 4.78 is 0. The molecule has 1 heteroatoms. The van der Waals surface area contributed by atoms with E-state index in [0.29, 0.717) is 0 Å². The molecular formula is C15H23N. The highest BCUT2D eigenvalue weighted by Crippen LogP contribution is 2.28. The number of para-hydroxylation sites is 1. The zero-order valence-corrected chi connectivity index (χ0v) is 10.4. The van der Waals surface area contributed by atoms with E-state index in [1.165, 1.54) is 50.8 Å². The van der Waals surface area contributed by atoms with Crippen LogP contribution < -0.4 is 4.90 Å². The molecule has 0 N–H and O–H groups in total. The minimum Gasteiger partial charge on any atom is -0.369 e. The fourth-order valence-corrected chi connectivity index (χ4v) is 2.73. The molecule has 0 amide bonds. The Morgan fingerprint density at radius 2 is 2.00 bits per heavy atom. The third-order valence-corrected chi connectivity index (χ3v) is 3.61. The van der Waals surface area contributed by atoms with Crippen molar-refractivity contribution < 1.29 is 0 Å². The topological polar surface area (TPSA) is 3.24 Å². The van der Waals surface area contributed by atoms with Gasteiger partial charge < -0.3 is 4.90 Å². The second-order valence-corrected chi connectivity index (χ2v) is 4.82. The predicted molar refractivity (Wildman–Crippen MR) is 71.0 cm³/mol. The van der Waals surface area contributed by atoms with Gasteiger partial charge in [0.2, 0.25) is 0 Å². The van der Waals surface area contributed by atoms with Gasteiger partial charge in [-0.15, -0.1) is 0 Å². The van der Waals surface area contributed by atoms with Gasteiger partial charge in [0, 0.05) is 18.3 Å². The molecule has 0 spiro atoms. The van der Waals surface area contributed by atoms with Crippen LogP contribution >= 0.6 is 0 Å². The van der Waals surface area contributed by atoms with E-state index < -0.39 is 0 Å². The molecule has 1 aromatic carbocycles. The Bertz CT molecular complexity index is 294. The normalized spacial score (nSPS) is 20.3. The van der Waals surface area contributed by atoms with Gasteiger partial charge in [-0.2, -0.15) is 0 Å². The van der Waals surface area contributed by atoms with Crippen LogP contribution in [0.3, 0.4) is 0 Å². The van der Waals surface area contributed by atoms with E-state index in [1.54, 1.807) is 0 Å². The van der Waals surface area contributed by atoms with E-state index in [0.717, 1.165) is 6.04 Å². The minimum atomic E-state index is 0.800. The van der Waals surface area contributed by atoms with Crippen molar-refractivity contribution in [3.05, 3.63) is 30.3 Å². The Balaban J connectivity index is 1.93. The first kappa shape index (κ1) is 11.5. The summed E-state index contributed by atoms with van der Waals surface area (Å²) in [5, 5.41) is 0. The van der Waals surface area contributed by atoms with Gasteiger partial charge in [0.15, 0.2) is 0 Å². The molecule has 0 radical (unpaired) electrons. The van der Waals surface area contributed by atoms with E-state index in [2.05, 4.69) is 42.2 Å². The Kier molecular flexibility index (Phi) is 4.26. The molecule has 0 bridgehead atoms. The molecule has 1 atom stereocenters. The maximum atomic E-state index is 2.61. The van der Waals surface area contributed by atoms with E-state index in [9.17, 15) is 0 Å². The summed E-state index contributed by atoms with van der Waals surface area (Å²) in [4.78, 5) is 2.61. The van der Waals surface area contributed by atoms with Crippen LogP contribution in [0, 0.1) is 0 Å². The first-order valence-electron chi connectivity index (χ1n) is 6.73. The van der Waals surface area contributed by atoms with Crippen molar-refractivity contribution >= 4 is 5.69 Å². The average Bonchev–Trinajstić information content (AvgIpc) is 2.79. The highest BCUT2D eigenvalue weighted by atomic mass is 15.2. The molecule has 1 aromatic rings.